The Balaban J connectivity index is 5.42. The first-order valence-corrected chi connectivity index (χ1v) is 11.2. The van der Waals surface area contributed by atoms with Crippen LogP contribution in [0.25, 0.3) is 0 Å². The zero-order valence-electron chi connectivity index (χ0n) is 18.4. The van der Waals surface area contributed by atoms with Gasteiger partial charge in [-0.15, -0.1) is 0 Å². The normalized spacial score (nSPS) is 14.5. The summed E-state index contributed by atoms with van der Waals surface area (Å²) in [6.07, 6.45) is 12.9. The third-order valence-electron chi connectivity index (χ3n) is 5.25. The number of rotatable bonds is 19. The molecule has 0 aromatic carbocycles. The second-order valence-electron chi connectivity index (χ2n) is 7.30. The largest absolute Gasteiger partial charge is 0.330 e. The molecule has 0 bridgehead atoms. The topological polar surface area (TPSA) is 53.7 Å². The van der Waals surface area contributed by atoms with Gasteiger partial charge in [-0.1, -0.05) is 58.8 Å². The molecule has 0 saturated carbocycles. The molecule has 0 radical (unpaired) electrons. The molecule has 158 valence electrons. The van der Waals surface area contributed by atoms with E-state index in [0.717, 1.165) is 32.1 Å². The third kappa shape index (κ3) is 8.24. The molecule has 1 unspecified atom stereocenters. The molecule has 0 spiro atoms. The van der Waals surface area contributed by atoms with Crippen molar-refractivity contribution in [3.8, 4) is 0 Å². The Morgan fingerprint density at radius 3 is 1.54 bits per heavy atom. The fraction of sp³-hybridized carbons (Fsp3) is 1.00. The lowest BCUT2D eigenvalue weighted by molar-refractivity contribution is -0.431. The minimum atomic E-state index is -0.945. The average molecular weight is 374 g/mol. The van der Waals surface area contributed by atoms with Gasteiger partial charge in [0.15, 0.2) is 0 Å². The van der Waals surface area contributed by atoms with Crippen molar-refractivity contribution in [2.75, 3.05) is 26.4 Å². The Kier molecular flexibility index (Phi) is 15.8. The van der Waals surface area contributed by atoms with E-state index in [1.807, 2.05) is 20.8 Å². The van der Waals surface area contributed by atoms with Crippen LogP contribution in [-0.4, -0.2) is 32.3 Å². The van der Waals surface area contributed by atoms with E-state index >= 15 is 0 Å². The summed E-state index contributed by atoms with van der Waals surface area (Å²) in [7, 11) is 0. The summed E-state index contributed by atoms with van der Waals surface area (Å²) in [6.45, 7) is 13.0. The van der Waals surface area contributed by atoms with Gasteiger partial charge in [0.05, 0.1) is 5.41 Å². The minimum Gasteiger partial charge on any atom is -0.330 e. The summed E-state index contributed by atoms with van der Waals surface area (Å²) < 4.78 is 18.7. The number of hydrogen-bond acceptors (Lipinski definition) is 4. The van der Waals surface area contributed by atoms with Gasteiger partial charge >= 0.3 is 0 Å². The Labute approximate surface area is 163 Å². The molecule has 0 fully saturated rings. The maximum absolute atomic E-state index is 6.24. The molecule has 4 heteroatoms. The molecule has 0 aliphatic heterocycles. The van der Waals surface area contributed by atoms with E-state index in [1.54, 1.807) is 0 Å². The minimum absolute atomic E-state index is 0.131. The van der Waals surface area contributed by atoms with Crippen LogP contribution in [0, 0.1) is 5.41 Å². The van der Waals surface area contributed by atoms with Crippen molar-refractivity contribution >= 4 is 0 Å². The van der Waals surface area contributed by atoms with Crippen LogP contribution in [0.4, 0.5) is 0 Å². The second-order valence-corrected chi connectivity index (χ2v) is 7.30. The van der Waals surface area contributed by atoms with Gasteiger partial charge in [0.25, 0.3) is 5.97 Å². The van der Waals surface area contributed by atoms with E-state index in [4.69, 9.17) is 19.9 Å². The van der Waals surface area contributed by atoms with Gasteiger partial charge in [-0.25, -0.2) is 0 Å². The van der Waals surface area contributed by atoms with E-state index in [-0.39, 0.29) is 5.41 Å². The molecule has 0 saturated heterocycles. The first-order valence-electron chi connectivity index (χ1n) is 11.2. The molecule has 0 amide bonds. The molecule has 4 nitrogen and oxygen atoms in total. The number of ether oxygens (including phenoxy) is 3. The molecule has 0 aliphatic rings. The number of unbranched alkanes of at least 4 members (excludes halogenated alkanes) is 5. The Hall–Kier alpha value is -0.160. The number of nitrogens with two attached hydrogens (primary N) is 1. The summed E-state index contributed by atoms with van der Waals surface area (Å²) in [5.41, 5.74) is 5.75. The fourth-order valence-electron chi connectivity index (χ4n) is 4.15. The zero-order valence-corrected chi connectivity index (χ0v) is 18.4. The van der Waals surface area contributed by atoms with Crippen LogP contribution in [0.5, 0.6) is 0 Å². The molecular formula is C22H47NO3. The molecule has 0 aliphatic carbocycles. The van der Waals surface area contributed by atoms with E-state index in [2.05, 4.69) is 13.8 Å². The van der Waals surface area contributed by atoms with Crippen LogP contribution in [-0.2, 0) is 14.2 Å². The van der Waals surface area contributed by atoms with Gasteiger partial charge < -0.3 is 19.9 Å². The van der Waals surface area contributed by atoms with Gasteiger partial charge in [0.1, 0.15) is 0 Å². The van der Waals surface area contributed by atoms with Crippen molar-refractivity contribution in [2.24, 2.45) is 11.1 Å². The lowest BCUT2D eigenvalue weighted by atomic mass is 9.72. The van der Waals surface area contributed by atoms with Gasteiger partial charge in [0, 0.05) is 19.8 Å². The highest BCUT2D eigenvalue weighted by atomic mass is 16.9. The van der Waals surface area contributed by atoms with E-state index < -0.39 is 5.97 Å². The lowest BCUT2D eigenvalue weighted by Crippen LogP contribution is -2.55. The smallest absolute Gasteiger partial charge is 0.288 e. The lowest BCUT2D eigenvalue weighted by Gasteiger charge is -2.49. The highest BCUT2D eigenvalue weighted by molar-refractivity contribution is 4.89. The maximum Gasteiger partial charge on any atom is 0.288 e. The standard InChI is InChI=1S/C22H47NO3/c1-6-11-12-13-14-15-18-21(17-7-2,19-16-20-23)22(24-8-3,25-9-4)26-10-5/h6-20,23H2,1-5H3. The van der Waals surface area contributed by atoms with Gasteiger partial charge in [0.2, 0.25) is 0 Å². The Morgan fingerprint density at radius 1 is 0.577 bits per heavy atom. The molecule has 26 heavy (non-hydrogen) atoms. The van der Waals surface area contributed by atoms with Gasteiger partial charge in [-0.3, -0.25) is 0 Å². The maximum atomic E-state index is 6.24. The molecule has 2 N–H and O–H groups in total. The molecule has 1 atom stereocenters. The van der Waals surface area contributed by atoms with Crippen molar-refractivity contribution in [3.05, 3.63) is 0 Å². The van der Waals surface area contributed by atoms with Crippen molar-refractivity contribution in [2.45, 2.75) is 111 Å². The van der Waals surface area contributed by atoms with Gasteiger partial charge in [-0.2, -0.15) is 0 Å². The predicted octanol–water partition coefficient (Wildman–Crippen LogP) is 6.03. The van der Waals surface area contributed by atoms with E-state index in [1.165, 1.54) is 38.5 Å². The van der Waals surface area contributed by atoms with Crippen LogP contribution in [0.2, 0.25) is 0 Å². The quantitative estimate of drug-likeness (QED) is 0.222. The predicted molar refractivity (Wildman–Crippen MR) is 111 cm³/mol. The van der Waals surface area contributed by atoms with Crippen LogP contribution in [0.15, 0.2) is 0 Å². The summed E-state index contributed by atoms with van der Waals surface area (Å²) >= 11 is 0. The number of hydrogen-bond donors (Lipinski definition) is 1. The van der Waals surface area contributed by atoms with Crippen LogP contribution < -0.4 is 5.73 Å². The highest BCUT2D eigenvalue weighted by Gasteiger charge is 2.53. The van der Waals surface area contributed by atoms with Crippen molar-refractivity contribution < 1.29 is 14.2 Å². The Morgan fingerprint density at radius 2 is 1.08 bits per heavy atom. The van der Waals surface area contributed by atoms with E-state index in [0.29, 0.717) is 26.4 Å². The van der Waals surface area contributed by atoms with Gasteiger partial charge in [-0.05, 0) is 53.0 Å². The fourth-order valence-corrected chi connectivity index (χ4v) is 4.15. The summed E-state index contributed by atoms with van der Waals surface area (Å²) in [5, 5.41) is 0. The third-order valence-corrected chi connectivity index (χ3v) is 5.25. The summed E-state index contributed by atoms with van der Waals surface area (Å²) in [6, 6.07) is 0. The molecule has 0 aromatic heterocycles. The van der Waals surface area contributed by atoms with Crippen LogP contribution in [0.3, 0.4) is 0 Å². The first kappa shape index (κ1) is 25.8. The van der Waals surface area contributed by atoms with Crippen LogP contribution >= 0.6 is 0 Å². The molecule has 0 aromatic rings. The van der Waals surface area contributed by atoms with Crippen molar-refractivity contribution in [1.82, 2.24) is 0 Å². The average Bonchev–Trinajstić information content (AvgIpc) is 2.63. The molecular weight excluding hydrogens is 326 g/mol. The first-order chi connectivity index (χ1) is 12.6. The summed E-state index contributed by atoms with van der Waals surface area (Å²) in [4.78, 5) is 0. The SMILES string of the molecule is CCCCCCCCC(CCC)(CCCN)C(OCC)(OCC)OCC. The van der Waals surface area contributed by atoms with Crippen LogP contribution in [0.1, 0.15) is 105 Å². The van der Waals surface area contributed by atoms with Crippen molar-refractivity contribution in [3.63, 3.8) is 0 Å². The molecule has 0 rings (SSSR count). The molecule has 0 heterocycles. The summed E-state index contributed by atoms with van der Waals surface area (Å²) in [5.74, 6) is -0.945. The Bertz CT molecular complexity index is 295. The van der Waals surface area contributed by atoms with E-state index in [9.17, 15) is 0 Å². The second kappa shape index (κ2) is 15.9. The monoisotopic (exact) mass is 373 g/mol. The highest BCUT2D eigenvalue weighted by Crippen LogP contribution is 2.49. The van der Waals surface area contributed by atoms with Crippen molar-refractivity contribution in [1.29, 1.82) is 0 Å². The zero-order chi connectivity index (χ0) is 19.7.